The lowest BCUT2D eigenvalue weighted by molar-refractivity contribution is -0.143. The maximum atomic E-state index is 12.1. The van der Waals surface area contributed by atoms with Crippen LogP contribution >= 0.6 is 24.4 Å². The quantitative estimate of drug-likeness (QED) is 0.233. The Morgan fingerprint density at radius 2 is 1.67 bits per heavy atom. The normalized spacial score (nSPS) is 14.3. The molecule has 0 saturated carbocycles. The van der Waals surface area contributed by atoms with Gasteiger partial charge in [0.15, 0.2) is 0 Å². The van der Waals surface area contributed by atoms with Gasteiger partial charge in [0, 0.05) is 12.2 Å². The Morgan fingerprint density at radius 3 is 2.12 bits per heavy atom. The van der Waals surface area contributed by atoms with Crippen molar-refractivity contribution in [2.75, 3.05) is 17.8 Å². The highest BCUT2D eigenvalue weighted by molar-refractivity contribution is 7.98. The maximum Gasteiger partial charge on any atom is 0.326 e. The molecule has 24 heavy (non-hydrogen) atoms. The van der Waals surface area contributed by atoms with E-state index in [1.165, 1.54) is 11.8 Å². The molecule has 3 atom stereocenters. The van der Waals surface area contributed by atoms with Gasteiger partial charge in [0.1, 0.15) is 12.1 Å². The van der Waals surface area contributed by atoms with Crippen molar-refractivity contribution in [3.05, 3.63) is 0 Å². The first-order valence-corrected chi connectivity index (χ1v) is 9.16. The van der Waals surface area contributed by atoms with Crippen LogP contribution in [0.5, 0.6) is 0 Å². The van der Waals surface area contributed by atoms with Crippen molar-refractivity contribution in [2.24, 2.45) is 5.73 Å². The van der Waals surface area contributed by atoms with Crippen LogP contribution in [0.2, 0.25) is 0 Å². The Hall–Kier alpha value is -1.46. The van der Waals surface area contributed by atoms with Gasteiger partial charge in [-0.3, -0.25) is 14.4 Å². The number of thioether (sulfide) groups is 1. The number of nitrogens with two attached hydrogens (primary N) is 1. The Labute approximate surface area is 149 Å². The second kappa shape index (κ2) is 12.0. The third kappa shape index (κ3) is 8.99. The molecular weight excluding hydrogens is 358 g/mol. The molecule has 0 rings (SSSR count). The molecule has 138 valence electrons. The van der Waals surface area contributed by atoms with E-state index >= 15 is 0 Å². The van der Waals surface area contributed by atoms with E-state index in [0.717, 1.165) is 0 Å². The summed E-state index contributed by atoms with van der Waals surface area (Å²) in [4.78, 5) is 45.6. The maximum absolute atomic E-state index is 12.1. The van der Waals surface area contributed by atoms with E-state index < -0.39 is 48.3 Å². The summed E-state index contributed by atoms with van der Waals surface area (Å²) in [5.41, 5.74) is 5.70. The fourth-order valence-corrected chi connectivity index (χ4v) is 2.39. The second-order valence-corrected chi connectivity index (χ2v) is 6.31. The molecular formula is C13H23N3O6S2. The lowest BCUT2D eigenvalue weighted by atomic mass is 10.1. The van der Waals surface area contributed by atoms with E-state index in [1.807, 2.05) is 6.26 Å². The summed E-state index contributed by atoms with van der Waals surface area (Å²) in [5, 5.41) is 22.2. The predicted octanol–water partition coefficient (Wildman–Crippen LogP) is -1.08. The van der Waals surface area contributed by atoms with Gasteiger partial charge in [-0.05, 0) is 24.9 Å². The monoisotopic (exact) mass is 381 g/mol. The van der Waals surface area contributed by atoms with Crippen LogP contribution in [0.4, 0.5) is 0 Å². The van der Waals surface area contributed by atoms with Crippen LogP contribution in [0.15, 0.2) is 0 Å². The van der Waals surface area contributed by atoms with Crippen molar-refractivity contribution in [3.63, 3.8) is 0 Å². The fourth-order valence-electron chi connectivity index (χ4n) is 1.65. The van der Waals surface area contributed by atoms with Crippen molar-refractivity contribution in [3.8, 4) is 0 Å². The van der Waals surface area contributed by atoms with Crippen molar-refractivity contribution >= 4 is 48.1 Å². The smallest absolute Gasteiger partial charge is 0.326 e. The topological polar surface area (TPSA) is 159 Å². The van der Waals surface area contributed by atoms with E-state index in [4.69, 9.17) is 15.9 Å². The summed E-state index contributed by atoms with van der Waals surface area (Å²) in [5.74, 6) is -3.19. The average Bonchev–Trinajstić information content (AvgIpc) is 2.52. The number of thiol groups is 1. The number of aliphatic carboxylic acids is 2. The van der Waals surface area contributed by atoms with Gasteiger partial charge in [-0.1, -0.05) is 0 Å². The molecule has 9 nitrogen and oxygen atoms in total. The van der Waals surface area contributed by atoms with Crippen molar-refractivity contribution in [1.82, 2.24) is 10.6 Å². The predicted molar refractivity (Wildman–Crippen MR) is 93.2 cm³/mol. The molecule has 0 heterocycles. The largest absolute Gasteiger partial charge is 0.481 e. The number of carboxylic acid groups (broad SMARTS) is 2. The summed E-state index contributed by atoms with van der Waals surface area (Å²) < 4.78 is 0. The highest BCUT2D eigenvalue weighted by Crippen LogP contribution is 2.02. The lowest BCUT2D eigenvalue weighted by Gasteiger charge is -2.21. The molecule has 0 unspecified atom stereocenters. The Kier molecular flexibility index (Phi) is 11.3. The Balaban J connectivity index is 4.67. The first-order chi connectivity index (χ1) is 11.2. The Bertz CT molecular complexity index is 463. The number of carboxylic acids is 2. The summed E-state index contributed by atoms with van der Waals surface area (Å²) in [6.45, 7) is 0. The molecule has 0 radical (unpaired) electrons. The standard InChI is InChI=1S/C13H23N3O6S2/c1-24-5-4-7(14)11(19)16-9(6-23)12(20)15-8(13(21)22)2-3-10(17)18/h7-9,23H,2-6,14H2,1H3,(H,15,20)(H,16,19)(H,17,18)(H,21,22)/t7-,8-,9-/m0/s1. The summed E-state index contributed by atoms with van der Waals surface area (Å²) in [6, 6.07) is -3.21. The van der Waals surface area contributed by atoms with E-state index in [2.05, 4.69) is 23.3 Å². The highest BCUT2D eigenvalue weighted by atomic mass is 32.2. The number of carbonyl (C=O) groups is 4. The zero-order valence-corrected chi connectivity index (χ0v) is 14.9. The third-order valence-corrected chi connectivity index (χ3v) is 4.06. The summed E-state index contributed by atoms with van der Waals surface area (Å²) >= 11 is 5.50. The van der Waals surface area contributed by atoms with Crippen LogP contribution in [0, 0.1) is 0 Å². The first-order valence-electron chi connectivity index (χ1n) is 7.13. The van der Waals surface area contributed by atoms with Crippen molar-refractivity contribution < 1.29 is 29.4 Å². The van der Waals surface area contributed by atoms with Crippen molar-refractivity contribution in [1.29, 1.82) is 0 Å². The number of amides is 2. The summed E-state index contributed by atoms with van der Waals surface area (Å²) in [6.07, 6.45) is 1.63. The number of rotatable bonds is 12. The molecule has 0 fully saturated rings. The fraction of sp³-hybridized carbons (Fsp3) is 0.692. The van der Waals surface area contributed by atoms with Gasteiger partial charge in [-0.15, -0.1) is 0 Å². The van der Waals surface area contributed by atoms with Crippen LogP contribution in [0.3, 0.4) is 0 Å². The molecule has 0 aromatic carbocycles. The second-order valence-electron chi connectivity index (χ2n) is 4.96. The van der Waals surface area contributed by atoms with Crippen LogP contribution in [-0.2, 0) is 19.2 Å². The van der Waals surface area contributed by atoms with Gasteiger partial charge in [0.05, 0.1) is 6.04 Å². The Morgan fingerprint density at radius 1 is 1.08 bits per heavy atom. The first kappa shape index (κ1) is 22.5. The number of nitrogens with one attached hydrogen (secondary N) is 2. The molecule has 0 aliphatic rings. The van der Waals surface area contributed by atoms with E-state index in [1.54, 1.807) is 0 Å². The van der Waals surface area contributed by atoms with Crippen LogP contribution in [0.25, 0.3) is 0 Å². The third-order valence-electron chi connectivity index (χ3n) is 3.05. The zero-order chi connectivity index (χ0) is 18.7. The molecule has 0 aromatic heterocycles. The minimum absolute atomic E-state index is 0.0574. The molecule has 11 heteroatoms. The SMILES string of the molecule is CSCC[C@H](N)C(=O)N[C@@H](CS)C(=O)N[C@@H](CCC(=O)O)C(=O)O. The minimum Gasteiger partial charge on any atom is -0.481 e. The van der Waals surface area contributed by atoms with E-state index in [0.29, 0.717) is 12.2 Å². The minimum atomic E-state index is -1.36. The van der Waals surface area contributed by atoms with E-state index in [9.17, 15) is 19.2 Å². The highest BCUT2D eigenvalue weighted by Gasteiger charge is 2.27. The zero-order valence-electron chi connectivity index (χ0n) is 13.2. The van der Waals surface area contributed by atoms with Gasteiger partial charge in [0.25, 0.3) is 0 Å². The number of hydrogen-bond acceptors (Lipinski definition) is 7. The van der Waals surface area contributed by atoms with Gasteiger partial charge >= 0.3 is 11.9 Å². The number of carbonyl (C=O) groups excluding carboxylic acids is 2. The van der Waals surface area contributed by atoms with Crippen molar-refractivity contribution in [2.45, 2.75) is 37.4 Å². The van der Waals surface area contributed by atoms with Crippen LogP contribution in [-0.4, -0.2) is 69.9 Å². The van der Waals surface area contributed by atoms with Crippen LogP contribution in [0.1, 0.15) is 19.3 Å². The molecule has 0 saturated heterocycles. The molecule has 0 bridgehead atoms. The van der Waals surface area contributed by atoms with Crippen LogP contribution < -0.4 is 16.4 Å². The molecule has 6 N–H and O–H groups in total. The van der Waals surface area contributed by atoms with Gasteiger partial charge in [-0.2, -0.15) is 24.4 Å². The molecule has 2 amide bonds. The average molecular weight is 381 g/mol. The van der Waals surface area contributed by atoms with Gasteiger partial charge in [0.2, 0.25) is 11.8 Å². The number of hydrogen-bond donors (Lipinski definition) is 6. The molecule has 0 aromatic rings. The molecule has 0 aliphatic carbocycles. The summed E-state index contributed by atoms with van der Waals surface area (Å²) in [7, 11) is 0. The van der Waals surface area contributed by atoms with Gasteiger partial charge < -0.3 is 26.6 Å². The lowest BCUT2D eigenvalue weighted by Crippen LogP contribution is -2.55. The van der Waals surface area contributed by atoms with Gasteiger partial charge in [-0.25, -0.2) is 4.79 Å². The van der Waals surface area contributed by atoms with E-state index in [-0.39, 0.29) is 12.2 Å². The molecule has 0 aliphatic heterocycles. The molecule has 0 spiro atoms.